The number of aliphatic hydroxyl groups excluding tert-OH is 2. The SMILES string of the molecule is C#CC1(CO)OC(N2N=CC(N)=NC2=C)C(F)C1O. The van der Waals surface area contributed by atoms with E-state index in [1.165, 1.54) is 6.21 Å². The first-order chi connectivity index (χ1) is 8.95. The van der Waals surface area contributed by atoms with Crippen molar-refractivity contribution in [3.63, 3.8) is 0 Å². The quantitative estimate of drug-likeness (QED) is 0.531. The molecule has 1 saturated heterocycles. The molecular weight excluding hydrogens is 255 g/mol. The van der Waals surface area contributed by atoms with E-state index >= 15 is 0 Å². The molecule has 4 unspecified atom stereocenters. The lowest BCUT2D eigenvalue weighted by molar-refractivity contribution is -0.110. The second-order valence-corrected chi connectivity index (χ2v) is 4.13. The summed E-state index contributed by atoms with van der Waals surface area (Å²) in [6.07, 6.45) is 1.48. The molecule has 0 saturated carbocycles. The minimum Gasteiger partial charge on any atom is -0.392 e. The van der Waals surface area contributed by atoms with Gasteiger partial charge in [-0.05, 0) is 0 Å². The van der Waals surface area contributed by atoms with E-state index in [9.17, 15) is 14.6 Å². The van der Waals surface area contributed by atoms with Crippen LogP contribution in [0.2, 0.25) is 0 Å². The maximum absolute atomic E-state index is 14.1. The number of alkyl halides is 1. The van der Waals surface area contributed by atoms with Gasteiger partial charge in [0.05, 0.1) is 12.8 Å². The molecule has 7 nitrogen and oxygen atoms in total. The molecule has 19 heavy (non-hydrogen) atoms. The highest BCUT2D eigenvalue weighted by molar-refractivity contribution is 6.29. The highest BCUT2D eigenvalue weighted by Gasteiger charge is 2.56. The minimum absolute atomic E-state index is 0.0469. The molecule has 2 aliphatic heterocycles. The number of rotatable bonds is 2. The number of halogens is 1. The van der Waals surface area contributed by atoms with E-state index in [1.807, 2.05) is 0 Å². The van der Waals surface area contributed by atoms with Crippen molar-refractivity contribution >= 4 is 12.1 Å². The summed E-state index contributed by atoms with van der Waals surface area (Å²) in [5, 5.41) is 23.8. The van der Waals surface area contributed by atoms with Crippen LogP contribution in [0.4, 0.5) is 4.39 Å². The Morgan fingerprint density at radius 1 is 1.74 bits per heavy atom. The molecule has 1 fully saturated rings. The normalized spacial score (nSPS) is 38.2. The van der Waals surface area contributed by atoms with Gasteiger partial charge >= 0.3 is 0 Å². The first-order valence-corrected chi connectivity index (χ1v) is 5.40. The summed E-state index contributed by atoms with van der Waals surface area (Å²) in [5.74, 6) is 2.23. The van der Waals surface area contributed by atoms with Crippen LogP contribution in [0.25, 0.3) is 0 Å². The number of hydrogen-bond acceptors (Lipinski definition) is 7. The molecular formula is C11H13FN4O3. The predicted molar refractivity (Wildman–Crippen MR) is 65.5 cm³/mol. The van der Waals surface area contributed by atoms with Crippen LogP contribution in [0, 0.1) is 12.3 Å². The zero-order valence-corrected chi connectivity index (χ0v) is 9.90. The van der Waals surface area contributed by atoms with Crippen LogP contribution in [-0.4, -0.2) is 58.0 Å². The third-order valence-electron chi connectivity index (χ3n) is 2.94. The summed E-state index contributed by atoms with van der Waals surface area (Å²) < 4.78 is 19.3. The number of terminal acetylenes is 1. The van der Waals surface area contributed by atoms with Crippen LogP contribution in [0.15, 0.2) is 22.5 Å². The van der Waals surface area contributed by atoms with E-state index < -0.39 is 30.7 Å². The number of aliphatic hydroxyl groups is 2. The second-order valence-electron chi connectivity index (χ2n) is 4.13. The van der Waals surface area contributed by atoms with Crippen LogP contribution in [-0.2, 0) is 4.74 Å². The van der Waals surface area contributed by atoms with E-state index in [-0.39, 0.29) is 11.7 Å². The molecule has 102 valence electrons. The molecule has 0 radical (unpaired) electrons. The van der Waals surface area contributed by atoms with Crippen LogP contribution in [0.3, 0.4) is 0 Å². The minimum atomic E-state index is -1.88. The fourth-order valence-electron chi connectivity index (χ4n) is 1.87. The monoisotopic (exact) mass is 268 g/mol. The molecule has 0 aromatic heterocycles. The Bertz CT molecular complexity index is 501. The van der Waals surface area contributed by atoms with Gasteiger partial charge < -0.3 is 20.7 Å². The van der Waals surface area contributed by atoms with Crippen molar-refractivity contribution in [3.8, 4) is 12.3 Å². The number of nitrogens with two attached hydrogens (primary N) is 1. The molecule has 8 heteroatoms. The molecule has 4 atom stereocenters. The Kier molecular flexibility index (Phi) is 3.28. The Morgan fingerprint density at radius 3 is 2.89 bits per heavy atom. The van der Waals surface area contributed by atoms with Gasteiger partial charge in [0.25, 0.3) is 0 Å². The number of nitrogens with zero attached hydrogens (tertiary/aromatic N) is 3. The lowest BCUT2D eigenvalue weighted by atomic mass is 9.98. The fraction of sp³-hybridized carbons (Fsp3) is 0.455. The van der Waals surface area contributed by atoms with Gasteiger partial charge in [-0.2, -0.15) is 5.10 Å². The summed E-state index contributed by atoms with van der Waals surface area (Å²) in [5.41, 5.74) is 3.60. The van der Waals surface area contributed by atoms with Gasteiger partial charge in [0.2, 0.25) is 0 Å². The average molecular weight is 268 g/mol. The van der Waals surface area contributed by atoms with E-state index in [0.29, 0.717) is 0 Å². The van der Waals surface area contributed by atoms with E-state index in [0.717, 1.165) is 5.01 Å². The average Bonchev–Trinajstić information content (AvgIpc) is 2.64. The number of ether oxygens (including phenoxy) is 1. The summed E-state index contributed by atoms with van der Waals surface area (Å²) >= 11 is 0. The number of aliphatic imine (C=N–C) groups is 1. The number of hydrogen-bond donors (Lipinski definition) is 3. The Morgan fingerprint density at radius 2 is 2.42 bits per heavy atom. The molecule has 0 aliphatic carbocycles. The van der Waals surface area contributed by atoms with Crippen molar-refractivity contribution in [1.82, 2.24) is 5.01 Å². The van der Waals surface area contributed by atoms with Crippen molar-refractivity contribution in [2.45, 2.75) is 24.1 Å². The van der Waals surface area contributed by atoms with Gasteiger partial charge in [-0.25, -0.2) is 14.4 Å². The number of hydrazone groups is 1. The molecule has 2 heterocycles. The summed E-state index contributed by atoms with van der Waals surface area (Å²) in [4.78, 5) is 3.80. The van der Waals surface area contributed by atoms with Crippen LogP contribution >= 0.6 is 0 Å². The Balaban J connectivity index is 2.27. The van der Waals surface area contributed by atoms with Crippen molar-refractivity contribution in [3.05, 3.63) is 12.4 Å². The van der Waals surface area contributed by atoms with Gasteiger partial charge in [-0.1, -0.05) is 12.5 Å². The van der Waals surface area contributed by atoms with Crippen LogP contribution in [0.5, 0.6) is 0 Å². The maximum Gasteiger partial charge on any atom is 0.188 e. The number of amidine groups is 1. The Labute approximate surface area is 108 Å². The standard InChI is InChI=1S/C11H13FN4O3/c1-3-11(5-17)9(18)8(12)10(19-11)16-6(2)15-7(13)4-14-16/h1,4,8-10,17-18H,2,5H2,(H2,13,15). The third-order valence-corrected chi connectivity index (χ3v) is 2.94. The second kappa shape index (κ2) is 4.62. The van der Waals surface area contributed by atoms with E-state index in [1.54, 1.807) is 0 Å². The molecule has 4 N–H and O–H groups in total. The molecule has 0 aromatic carbocycles. The van der Waals surface area contributed by atoms with Crippen LogP contribution in [0.1, 0.15) is 0 Å². The first kappa shape index (κ1) is 13.5. The van der Waals surface area contributed by atoms with Gasteiger partial charge in [-0.15, -0.1) is 6.42 Å². The summed E-state index contributed by atoms with van der Waals surface area (Å²) in [6.45, 7) is 2.83. The molecule has 0 bridgehead atoms. The van der Waals surface area contributed by atoms with Gasteiger partial charge in [0.1, 0.15) is 17.8 Å². The molecule has 2 aliphatic rings. The van der Waals surface area contributed by atoms with E-state index in [2.05, 4.69) is 22.6 Å². The smallest absolute Gasteiger partial charge is 0.188 e. The lowest BCUT2D eigenvalue weighted by Gasteiger charge is -2.28. The fourth-order valence-corrected chi connectivity index (χ4v) is 1.87. The molecule has 0 amide bonds. The lowest BCUT2D eigenvalue weighted by Crippen LogP contribution is -2.44. The van der Waals surface area contributed by atoms with Crippen molar-refractivity contribution in [1.29, 1.82) is 0 Å². The topological polar surface area (TPSA) is 104 Å². The first-order valence-electron chi connectivity index (χ1n) is 5.40. The molecule has 0 spiro atoms. The largest absolute Gasteiger partial charge is 0.392 e. The molecule has 0 aromatic rings. The van der Waals surface area contributed by atoms with Crippen LogP contribution < -0.4 is 5.73 Å². The summed E-state index contributed by atoms with van der Waals surface area (Å²) in [6, 6.07) is 0. The third kappa shape index (κ3) is 1.98. The summed E-state index contributed by atoms with van der Waals surface area (Å²) in [7, 11) is 0. The highest BCUT2D eigenvalue weighted by Crippen LogP contribution is 2.36. The van der Waals surface area contributed by atoms with Crippen molar-refractivity contribution in [2.75, 3.05) is 6.61 Å². The van der Waals surface area contributed by atoms with Gasteiger partial charge in [0, 0.05) is 0 Å². The highest BCUT2D eigenvalue weighted by atomic mass is 19.1. The molecule has 2 rings (SSSR count). The predicted octanol–water partition coefficient (Wildman–Crippen LogP) is -1.46. The van der Waals surface area contributed by atoms with Gasteiger partial charge in [-0.3, -0.25) is 0 Å². The van der Waals surface area contributed by atoms with Gasteiger partial charge in [0.15, 0.2) is 18.0 Å². The maximum atomic E-state index is 14.1. The van der Waals surface area contributed by atoms with E-state index in [4.69, 9.17) is 16.9 Å². The Hall–Kier alpha value is -1.95. The zero-order chi connectivity index (χ0) is 14.2. The zero-order valence-electron chi connectivity index (χ0n) is 9.90. The van der Waals surface area contributed by atoms with Crippen molar-refractivity contribution < 1.29 is 19.3 Å². The van der Waals surface area contributed by atoms with Crippen molar-refractivity contribution in [2.24, 2.45) is 15.8 Å².